The highest BCUT2D eigenvalue weighted by atomic mass is 79.9. The van der Waals surface area contributed by atoms with Crippen LogP contribution in [0, 0.1) is 10.1 Å². The largest absolute Gasteiger partial charge is 0.336 e. The zero-order valence-corrected chi connectivity index (χ0v) is 15.3. The van der Waals surface area contributed by atoms with Gasteiger partial charge in [-0.3, -0.25) is 10.1 Å². The second-order valence-electron chi connectivity index (χ2n) is 4.54. The fourth-order valence-electron chi connectivity index (χ4n) is 1.85. The van der Waals surface area contributed by atoms with Gasteiger partial charge in [-0.15, -0.1) is 0 Å². The maximum absolute atomic E-state index is 11.5. The Morgan fingerprint density at radius 3 is 1.67 bits per heavy atom. The van der Waals surface area contributed by atoms with Gasteiger partial charge in [0.05, 0.1) is 4.92 Å². The molecule has 0 bridgehead atoms. The minimum atomic E-state index is -0.604. The zero-order valence-electron chi connectivity index (χ0n) is 12.2. The van der Waals surface area contributed by atoms with Crippen LogP contribution in [-0.2, 0) is 0 Å². The highest BCUT2D eigenvalue weighted by Crippen LogP contribution is 2.30. The predicted octanol–water partition coefficient (Wildman–Crippen LogP) is 5.70. The number of para-hydroxylation sites is 2. The van der Waals surface area contributed by atoms with E-state index in [1.165, 1.54) is 0 Å². The van der Waals surface area contributed by atoms with Crippen molar-refractivity contribution < 1.29 is 4.92 Å². The highest BCUT2D eigenvalue weighted by molar-refractivity contribution is 9.12. The number of allylic oxidation sites excluding steroid dienone is 1. The summed E-state index contributed by atoms with van der Waals surface area (Å²) in [7, 11) is 0. The Bertz CT molecular complexity index is 733. The first-order valence-electron chi connectivity index (χ1n) is 6.73. The van der Waals surface area contributed by atoms with Crippen molar-refractivity contribution in [3.63, 3.8) is 0 Å². The van der Waals surface area contributed by atoms with E-state index in [0.29, 0.717) is 11.4 Å². The van der Waals surface area contributed by atoms with Crippen LogP contribution < -0.4 is 10.6 Å². The van der Waals surface area contributed by atoms with Gasteiger partial charge >= 0.3 is 5.70 Å². The van der Waals surface area contributed by atoms with Gasteiger partial charge in [0, 0.05) is 11.4 Å². The van der Waals surface area contributed by atoms with Gasteiger partial charge < -0.3 is 10.6 Å². The first-order chi connectivity index (χ1) is 11.5. The second-order valence-corrected chi connectivity index (χ2v) is 6.54. The summed E-state index contributed by atoms with van der Waals surface area (Å²) >= 11 is 14.8. The van der Waals surface area contributed by atoms with Gasteiger partial charge in [-0.25, -0.2) is 0 Å². The van der Waals surface area contributed by atoms with Crippen LogP contribution in [0.25, 0.3) is 0 Å². The van der Waals surface area contributed by atoms with Crippen LogP contribution in [0.4, 0.5) is 11.4 Å². The lowest BCUT2D eigenvalue weighted by molar-refractivity contribution is -0.420. The number of nitrogens with one attached hydrogen (secondary N) is 2. The van der Waals surface area contributed by atoms with Crippen molar-refractivity contribution in [2.45, 2.75) is 0 Å². The average Bonchev–Trinajstić information content (AvgIpc) is 2.56. The number of hydrogen-bond donors (Lipinski definition) is 2. The molecule has 2 rings (SSSR count). The minimum Gasteiger partial charge on any atom is -0.336 e. The van der Waals surface area contributed by atoms with Crippen molar-refractivity contribution in [2.75, 3.05) is 10.6 Å². The number of benzene rings is 2. The molecule has 0 atom stereocenters. The Morgan fingerprint density at radius 1 is 0.917 bits per heavy atom. The third kappa shape index (κ3) is 4.99. The van der Waals surface area contributed by atoms with Gasteiger partial charge in [-0.2, -0.15) is 0 Å². The van der Waals surface area contributed by atoms with E-state index in [9.17, 15) is 10.1 Å². The molecule has 0 saturated carbocycles. The van der Waals surface area contributed by atoms with E-state index < -0.39 is 4.92 Å². The summed E-state index contributed by atoms with van der Waals surface area (Å²) in [6, 6.07) is 18.0. The van der Waals surface area contributed by atoms with Gasteiger partial charge in [0.1, 0.15) is 8.97 Å². The quantitative estimate of drug-likeness (QED) is 0.352. The predicted molar refractivity (Wildman–Crippen MR) is 102 cm³/mol. The Kier molecular flexibility index (Phi) is 6.66. The summed E-state index contributed by atoms with van der Waals surface area (Å²) < 4.78 is -0.0573. The molecule has 24 heavy (non-hydrogen) atoms. The van der Waals surface area contributed by atoms with Crippen molar-refractivity contribution in [1.29, 1.82) is 0 Å². The number of nitro groups is 1. The van der Waals surface area contributed by atoms with E-state index in [1.807, 2.05) is 36.4 Å². The topological polar surface area (TPSA) is 67.2 Å². The molecule has 124 valence electrons. The summed E-state index contributed by atoms with van der Waals surface area (Å²) in [4.78, 5) is 10.9. The number of hydrogen-bond acceptors (Lipinski definition) is 4. The summed E-state index contributed by atoms with van der Waals surface area (Å²) in [6.45, 7) is 0. The minimum absolute atomic E-state index is 0.0573. The van der Waals surface area contributed by atoms with Crippen LogP contribution >= 0.6 is 39.1 Å². The molecule has 0 aromatic heterocycles. The van der Waals surface area contributed by atoms with Crippen molar-refractivity contribution in [3.8, 4) is 0 Å². The number of rotatable bonds is 6. The average molecular weight is 429 g/mol. The Hall–Kier alpha value is -2.02. The molecule has 0 heterocycles. The Labute approximate surface area is 157 Å². The molecular formula is C16H12BrCl2N3O2. The lowest BCUT2D eigenvalue weighted by Gasteiger charge is -2.14. The molecule has 0 saturated heterocycles. The van der Waals surface area contributed by atoms with E-state index in [2.05, 4.69) is 26.6 Å². The van der Waals surface area contributed by atoms with Crippen LogP contribution in [0.1, 0.15) is 0 Å². The van der Waals surface area contributed by atoms with Crippen LogP contribution in [0.2, 0.25) is 0 Å². The Balaban J connectivity index is 2.53. The summed E-state index contributed by atoms with van der Waals surface area (Å²) in [6.07, 6.45) is 0. The molecule has 2 aromatic rings. The highest BCUT2D eigenvalue weighted by Gasteiger charge is 2.25. The molecule has 8 heteroatoms. The van der Waals surface area contributed by atoms with Gasteiger partial charge in [-0.05, 0) is 40.2 Å². The van der Waals surface area contributed by atoms with Crippen molar-refractivity contribution in [1.82, 2.24) is 0 Å². The van der Waals surface area contributed by atoms with Crippen LogP contribution in [0.5, 0.6) is 0 Å². The number of anilines is 2. The normalized spacial score (nSPS) is 11.3. The third-order valence-electron chi connectivity index (χ3n) is 2.88. The Morgan fingerprint density at radius 2 is 1.33 bits per heavy atom. The molecule has 5 nitrogen and oxygen atoms in total. The van der Waals surface area contributed by atoms with E-state index >= 15 is 0 Å². The van der Waals surface area contributed by atoms with Gasteiger partial charge in [0.15, 0.2) is 5.82 Å². The SMILES string of the molecule is O=[N+]([O-])C(=C(Nc1ccccc1)Nc1ccccc1)/C(Cl)=C(/Cl)Br. The van der Waals surface area contributed by atoms with Gasteiger partial charge in [-0.1, -0.05) is 59.6 Å². The second kappa shape index (κ2) is 8.73. The monoisotopic (exact) mass is 427 g/mol. The molecule has 2 aromatic carbocycles. The van der Waals surface area contributed by atoms with Crippen molar-refractivity contribution in [3.05, 3.63) is 91.3 Å². The summed E-state index contributed by atoms with van der Waals surface area (Å²) in [5.74, 6) is 0.0972. The summed E-state index contributed by atoms with van der Waals surface area (Å²) in [5, 5.41) is 17.3. The molecular weight excluding hydrogens is 417 g/mol. The smallest absolute Gasteiger partial charge is 0.330 e. The molecule has 0 spiro atoms. The standard InChI is InChI=1S/C16H12BrCl2N3O2/c17-15(19)13(18)14(22(23)24)16(20-11-7-3-1-4-8-11)21-12-9-5-2-6-10-12/h1-10,20-21H/b15-13-. The summed E-state index contributed by atoms with van der Waals surface area (Å²) in [5.41, 5.74) is 0.933. The molecule has 2 N–H and O–H groups in total. The first kappa shape index (κ1) is 18.3. The van der Waals surface area contributed by atoms with Crippen LogP contribution in [0.15, 0.2) is 81.2 Å². The van der Waals surface area contributed by atoms with E-state index in [0.717, 1.165) is 0 Å². The van der Waals surface area contributed by atoms with E-state index in [1.54, 1.807) is 24.3 Å². The molecule has 0 amide bonds. The van der Waals surface area contributed by atoms with E-state index in [-0.39, 0.29) is 20.5 Å². The first-order valence-corrected chi connectivity index (χ1v) is 8.28. The lowest BCUT2D eigenvalue weighted by atomic mass is 10.3. The maximum Gasteiger partial charge on any atom is 0.330 e. The molecule has 0 aliphatic heterocycles. The van der Waals surface area contributed by atoms with E-state index in [4.69, 9.17) is 23.2 Å². The fraction of sp³-hybridized carbons (Fsp3) is 0. The zero-order chi connectivity index (χ0) is 17.5. The molecule has 0 unspecified atom stereocenters. The van der Waals surface area contributed by atoms with Crippen LogP contribution in [-0.4, -0.2) is 4.92 Å². The maximum atomic E-state index is 11.5. The van der Waals surface area contributed by atoms with Gasteiger partial charge in [0.2, 0.25) is 0 Å². The molecule has 0 radical (unpaired) electrons. The molecule has 0 fully saturated rings. The van der Waals surface area contributed by atoms with Crippen molar-refractivity contribution >= 4 is 50.5 Å². The van der Waals surface area contributed by atoms with Crippen molar-refractivity contribution in [2.24, 2.45) is 0 Å². The van der Waals surface area contributed by atoms with Crippen LogP contribution in [0.3, 0.4) is 0 Å². The number of nitrogens with zero attached hydrogens (tertiary/aromatic N) is 1. The number of halogens is 3. The van der Waals surface area contributed by atoms with Gasteiger partial charge in [0.25, 0.3) is 0 Å². The molecule has 0 aliphatic rings. The fourth-order valence-corrected chi connectivity index (χ4v) is 2.29. The lowest BCUT2D eigenvalue weighted by Crippen LogP contribution is -2.17. The third-order valence-corrected chi connectivity index (χ3v) is 4.16. The molecule has 0 aliphatic carbocycles.